The smallest absolute Gasteiger partial charge is 0.124 e. The highest BCUT2D eigenvalue weighted by molar-refractivity contribution is 5.33. The Kier molecular flexibility index (Phi) is 6.06. The summed E-state index contributed by atoms with van der Waals surface area (Å²) in [7, 11) is 0. The quantitative estimate of drug-likeness (QED) is 0.718. The number of hydrogen-bond acceptors (Lipinski definition) is 2. The van der Waals surface area contributed by atoms with E-state index in [2.05, 4.69) is 70.3 Å². The molecule has 1 N–H and O–H groups in total. The van der Waals surface area contributed by atoms with Crippen LogP contribution in [0.2, 0.25) is 0 Å². The van der Waals surface area contributed by atoms with Crippen LogP contribution in [0.4, 0.5) is 0 Å². The van der Waals surface area contributed by atoms with Crippen LogP contribution in [0.1, 0.15) is 52.2 Å². The summed E-state index contributed by atoms with van der Waals surface area (Å²) in [6.07, 6.45) is 1.12. The van der Waals surface area contributed by atoms with E-state index in [4.69, 9.17) is 4.74 Å². The average Bonchev–Trinajstić information content (AvgIpc) is 2.50. The van der Waals surface area contributed by atoms with Gasteiger partial charge < -0.3 is 10.1 Å². The predicted octanol–water partition coefficient (Wildman–Crippen LogP) is 5.57. The van der Waals surface area contributed by atoms with Crippen LogP contribution in [0.3, 0.4) is 0 Å². The first-order valence-corrected chi connectivity index (χ1v) is 8.75. The van der Waals surface area contributed by atoms with E-state index in [-0.39, 0.29) is 5.54 Å². The molecule has 2 aromatic carbocycles. The zero-order valence-electron chi connectivity index (χ0n) is 15.7. The second kappa shape index (κ2) is 7.85. The summed E-state index contributed by atoms with van der Waals surface area (Å²) < 4.78 is 6.05. The number of hydrogen-bond donors (Lipinski definition) is 1. The van der Waals surface area contributed by atoms with Crippen LogP contribution in [-0.2, 0) is 13.2 Å². The summed E-state index contributed by atoms with van der Waals surface area (Å²) in [5.41, 5.74) is 2.79. The predicted molar refractivity (Wildman–Crippen MR) is 102 cm³/mol. The van der Waals surface area contributed by atoms with Gasteiger partial charge in [-0.05, 0) is 37.3 Å². The summed E-state index contributed by atoms with van der Waals surface area (Å²) in [5.74, 6) is 0.959. The topological polar surface area (TPSA) is 21.3 Å². The lowest BCUT2D eigenvalue weighted by molar-refractivity contribution is 0.238. The molecule has 2 nitrogen and oxygen atoms in total. The lowest BCUT2D eigenvalue weighted by atomic mass is 9.82. The van der Waals surface area contributed by atoms with Crippen LogP contribution in [0, 0.1) is 5.41 Å². The van der Waals surface area contributed by atoms with Crippen molar-refractivity contribution in [2.45, 2.75) is 59.7 Å². The second-order valence-electron chi connectivity index (χ2n) is 8.36. The Bertz CT molecular complexity index is 626. The maximum absolute atomic E-state index is 6.05. The molecule has 0 aliphatic heterocycles. The van der Waals surface area contributed by atoms with Crippen molar-refractivity contribution in [1.29, 1.82) is 0 Å². The van der Waals surface area contributed by atoms with Crippen LogP contribution in [0.25, 0.3) is 0 Å². The molecule has 0 heterocycles. The molecule has 0 aliphatic rings. The first-order valence-electron chi connectivity index (χ1n) is 8.75. The molecule has 0 amide bonds. The minimum Gasteiger partial charge on any atom is -0.489 e. The van der Waals surface area contributed by atoms with E-state index in [1.54, 1.807) is 0 Å². The third-order valence-electron chi connectivity index (χ3n) is 3.94. The highest BCUT2D eigenvalue weighted by atomic mass is 16.5. The zero-order valence-corrected chi connectivity index (χ0v) is 15.7. The Morgan fingerprint density at radius 3 is 2.12 bits per heavy atom. The van der Waals surface area contributed by atoms with Gasteiger partial charge in [0, 0.05) is 17.6 Å². The first-order chi connectivity index (χ1) is 11.3. The highest BCUT2D eigenvalue weighted by Crippen LogP contribution is 2.28. The van der Waals surface area contributed by atoms with Crippen molar-refractivity contribution in [3.63, 3.8) is 0 Å². The van der Waals surface area contributed by atoms with Gasteiger partial charge in [0.2, 0.25) is 0 Å². The summed E-state index contributed by atoms with van der Waals surface area (Å²) in [4.78, 5) is 0. The van der Waals surface area contributed by atoms with Crippen molar-refractivity contribution in [1.82, 2.24) is 5.32 Å². The molecule has 0 atom stereocenters. The Morgan fingerprint density at radius 2 is 1.46 bits per heavy atom. The van der Waals surface area contributed by atoms with Crippen molar-refractivity contribution < 1.29 is 4.74 Å². The lowest BCUT2D eigenvalue weighted by Gasteiger charge is -2.33. The van der Waals surface area contributed by atoms with E-state index in [9.17, 15) is 0 Å². The largest absolute Gasteiger partial charge is 0.489 e. The van der Waals surface area contributed by atoms with Gasteiger partial charge in [-0.3, -0.25) is 0 Å². The fourth-order valence-corrected chi connectivity index (χ4v) is 3.25. The Morgan fingerprint density at radius 1 is 0.833 bits per heavy atom. The minimum absolute atomic E-state index is 0.0881. The molecule has 2 aromatic rings. The SMILES string of the molecule is CC(C)(C)CC(C)(C)NCc1ccccc1OCc1ccccc1. The van der Waals surface area contributed by atoms with E-state index in [0.29, 0.717) is 12.0 Å². The van der Waals surface area contributed by atoms with Crippen LogP contribution in [0.5, 0.6) is 5.75 Å². The van der Waals surface area contributed by atoms with Crippen LogP contribution in [0.15, 0.2) is 54.6 Å². The summed E-state index contributed by atoms with van der Waals surface area (Å²) >= 11 is 0. The number of rotatable bonds is 7. The third kappa shape index (κ3) is 6.37. The fraction of sp³-hybridized carbons (Fsp3) is 0.455. The van der Waals surface area contributed by atoms with Gasteiger partial charge in [-0.1, -0.05) is 69.3 Å². The number of para-hydroxylation sites is 1. The van der Waals surface area contributed by atoms with E-state index < -0.39 is 0 Å². The van der Waals surface area contributed by atoms with Crippen molar-refractivity contribution >= 4 is 0 Å². The van der Waals surface area contributed by atoms with Gasteiger partial charge in [0.05, 0.1) is 0 Å². The van der Waals surface area contributed by atoms with Gasteiger partial charge in [-0.2, -0.15) is 0 Å². The van der Waals surface area contributed by atoms with E-state index in [0.717, 1.165) is 18.7 Å². The zero-order chi connectivity index (χ0) is 17.6. The lowest BCUT2D eigenvalue weighted by Crippen LogP contribution is -2.41. The first kappa shape index (κ1) is 18.5. The summed E-state index contributed by atoms with van der Waals surface area (Å²) in [6.45, 7) is 12.8. The van der Waals surface area contributed by atoms with E-state index >= 15 is 0 Å². The summed E-state index contributed by atoms with van der Waals surface area (Å²) in [6, 6.07) is 18.6. The molecular weight excluding hydrogens is 294 g/mol. The van der Waals surface area contributed by atoms with Crippen LogP contribution >= 0.6 is 0 Å². The molecule has 2 heteroatoms. The molecule has 0 unspecified atom stereocenters. The van der Waals surface area contributed by atoms with Gasteiger partial charge in [0.1, 0.15) is 12.4 Å². The van der Waals surface area contributed by atoms with E-state index in [1.165, 1.54) is 11.1 Å². The highest BCUT2D eigenvalue weighted by Gasteiger charge is 2.25. The molecule has 0 aromatic heterocycles. The van der Waals surface area contributed by atoms with Gasteiger partial charge >= 0.3 is 0 Å². The number of nitrogens with one attached hydrogen (secondary N) is 1. The van der Waals surface area contributed by atoms with Gasteiger partial charge in [-0.25, -0.2) is 0 Å². The molecule has 0 saturated heterocycles. The second-order valence-corrected chi connectivity index (χ2v) is 8.36. The molecule has 0 bridgehead atoms. The van der Waals surface area contributed by atoms with Gasteiger partial charge in [0.15, 0.2) is 0 Å². The van der Waals surface area contributed by atoms with E-state index in [1.807, 2.05) is 24.3 Å². The molecule has 2 rings (SSSR count). The number of ether oxygens (including phenoxy) is 1. The standard InChI is InChI=1S/C22H31NO/c1-21(2,3)17-22(4,5)23-15-19-13-9-10-14-20(19)24-16-18-11-7-6-8-12-18/h6-14,23H,15-17H2,1-5H3. The molecule has 130 valence electrons. The van der Waals surface area contributed by atoms with Crippen molar-refractivity contribution in [3.8, 4) is 5.75 Å². The van der Waals surface area contributed by atoms with Crippen molar-refractivity contribution in [2.75, 3.05) is 0 Å². The average molecular weight is 325 g/mol. The molecule has 0 fully saturated rings. The monoisotopic (exact) mass is 325 g/mol. The fourth-order valence-electron chi connectivity index (χ4n) is 3.25. The molecule has 0 aliphatic carbocycles. The van der Waals surface area contributed by atoms with Gasteiger partial charge in [-0.15, -0.1) is 0 Å². The Hall–Kier alpha value is -1.80. The van der Waals surface area contributed by atoms with Crippen molar-refractivity contribution in [3.05, 3.63) is 65.7 Å². The summed E-state index contributed by atoms with van der Waals surface area (Å²) in [5, 5.41) is 3.69. The maximum Gasteiger partial charge on any atom is 0.124 e. The number of benzene rings is 2. The Balaban J connectivity index is 1.98. The molecule has 0 saturated carbocycles. The molecular formula is C22H31NO. The van der Waals surface area contributed by atoms with Gasteiger partial charge in [0.25, 0.3) is 0 Å². The molecule has 0 radical (unpaired) electrons. The molecule has 0 spiro atoms. The third-order valence-corrected chi connectivity index (χ3v) is 3.94. The van der Waals surface area contributed by atoms with Crippen molar-refractivity contribution in [2.24, 2.45) is 5.41 Å². The van der Waals surface area contributed by atoms with Crippen LogP contribution in [-0.4, -0.2) is 5.54 Å². The Labute approximate surface area is 147 Å². The molecule has 24 heavy (non-hydrogen) atoms. The minimum atomic E-state index is 0.0881. The van der Waals surface area contributed by atoms with Crippen LogP contribution < -0.4 is 10.1 Å². The maximum atomic E-state index is 6.05. The normalized spacial score (nSPS) is 12.2.